The van der Waals surface area contributed by atoms with Crippen LogP contribution in [0.15, 0.2) is 85.2 Å². The number of hydrogen-bond donors (Lipinski definition) is 2. The number of ether oxygens (including phenoxy) is 1. The summed E-state index contributed by atoms with van der Waals surface area (Å²) in [6.45, 7) is 0. The summed E-state index contributed by atoms with van der Waals surface area (Å²) in [5.41, 5.74) is 2.62. The number of aromatic carboxylic acids is 2. The summed E-state index contributed by atoms with van der Waals surface area (Å²) in [7, 11) is 1.63. The zero-order chi connectivity index (χ0) is 26.6. The second-order valence-electron chi connectivity index (χ2n) is 8.21. The SMILES string of the molecule is COc1cccc2c(C#Cc3ccnc(-c4cc(C(=O)O)cc(-c5cc(C(=O)O)ccn5)n4)c3)cccc12. The number of pyridine rings is 3. The molecule has 8 heteroatoms. The van der Waals surface area contributed by atoms with Crippen LogP contribution in [-0.2, 0) is 0 Å². The zero-order valence-electron chi connectivity index (χ0n) is 20.0. The first-order valence-corrected chi connectivity index (χ1v) is 11.4. The molecule has 0 radical (unpaired) electrons. The summed E-state index contributed by atoms with van der Waals surface area (Å²) >= 11 is 0. The van der Waals surface area contributed by atoms with Gasteiger partial charge in [-0.2, -0.15) is 0 Å². The Morgan fingerprint density at radius 2 is 1.34 bits per heavy atom. The maximum absolute atomic E-state index is 11.8. The molecular formula is C30H19N3O5. The van der Waals surface area contributed by atoms with Crippen molar-refractivity contribution in [2.45, 2.75) is 0 Å². The lowest BCUT2D eigenvalue weighted by Gasteiger charge is -2.08. The molecule has 0 bridgehead atoms. The minimum Gasteiger partial charge on any atom is -0.496 e. The highest BCUT2D eigenvalue weighted by molar-refractivity contribution is 5.93. The summed E-state index contributed by atoms with van der Waals surface area (Å²) in [6.07, 6.45) is 2.91. The summed E-state index contributed by atoms with van der Waals surface area (Å²) in [6, 6.07) is 20.5. The van der Waals surface area contributed by atoms with Crippen LogP contribution >= 0.6 is 0 Å². The lowest BCUT2D eigenvalue weighted by Crippen LogP contribution is -2.02. The smallest absolute Gasteiger partial charge is 0.335 e. The van der Waals surface area contributed by atoms with Crippen LogP contribution in [-0.4, -0.2) is 44.2 Å². The zero-order valence-corrected chi connectivity index (χ0v) is 20.0. The van der Waals surface area contributed by atoms with Gasteiger partial charge in [0.2, 0.25) is 0 Å². The van der Waals surface area contributed by atoms with E-state index in [1.54, 1.807) is 25.4 Å². The van der Waals surface area contributed by atoms with Crippen molar-refractivity contribution in [3.63, 3.8) is 0 Å². The predicted molar refractivity (Wildman–Crippen MR) is 141 cm³/mol. The van der Waals surface area contributed by atoms with E-state index in [1.807, 2.05) is 36.4 Å². The van der Waals surface area contributed by atoms with E-state index in [-0.39, 0.29) is 22.5 Å². The third-order valence-corrected chi connectivity index (χ3v) is 5.81. The second kappa shape index (κ2) is 10.2. The van der Waals surface area contributed by atoms with Crippen molar-refractivity contribution in [3.8, 4) is 40.4 Å². The van der Waals surface area contributed by atoms with Gasteiger partial charge in [0, 0.05) is 34.3 Å². The van der Waals surface area contributed by atoms with E-state index in [1.165, 1.54) is 30.5 Å². The average molecular weight is 501 g/mol. The van der Waals surface area contributed by atoms with Crippen LogP contribution in [0.3, 0.4) is 0 Å². The summed E-state index contributed by atoms with van der Waals surface area (Å²) in [5, 5.41) is 20.9. The van der Waals surface area contributed by atoms with E-state index in [4.69, 9.17) is 4.74 Å². The van der Waals surface area contributed by atoms with Gasteiger partial charge in [0.15, 0.2) is 0 Å². The molecule has 5 aromatic rings. The van der Waals surface area contributed by atoms with Crippen molar-refractivity contribution >= 4 is 22.7 Å². The Balaban J connectivity index is 1.56. The average Bonchev–Trinajstić information content (AvgIpc) is 2.95. The lowest BCUT2D eigenvalue weighted by atomic mass is 10.0. The van der Waals surface area contributed by atoms with E-state index in [2.05, 4.69) is 26.8 Å². The molecule has 8 nitrogen and oxygen atoms in total. The fraction of sp³-hybridized carbons (Fsp3) is 0.0333. The molecule has 38 heavy (non-hydrogen) atoms. The molecule has 0 aliphatic heterocycles. The Labute approximate surface area is 217 Å². The number of methoxy groups -OCH3 is 1. The highest BCUT2D eigenvalue weighted by Gasteiger charge is 2.14. The van der Waals surface area contributed by atoms with Gasteiger partial charge in [0.05, 0.1) is 41.0 Å². The number of hydrogen-bond acceptors (Lipinski definition) is 6. The Kier molecular flexibility index (Phi) is 6.49. The molecule has 0 amide bonds. The van der Waals surface area contributed by atoms with E-state index in [9.17, 15) is 19.8 Å². The Morgan fingerprint density at radius 1 is 0.711 bits per heavy atom. The maximum Gasteiger partial charge on any atom is 0.335 e. The fourth-order valence-electron chi connectivity index (χ4n) is 3.98. The molecule has 2 N–H and O–H groups in total. The second-order valence-corrected chi connectivity index (χ2v) is 8.21. The van der Waals surface area contributed by atoms with Gasteiger partial charge in [-0.3, -0.25) is 9.97 Å². The molecule has 2 aromatic carbocycles. The number of carboxylic acid groups (broad SMARTS) is 2. The molecular weight excluding hydrogens is 482 g/mol. The highest BCUT2D eigenvalue weighted by atomic mass is 16.5. The van der Waals surface area contributed by atoms with Crippen LogP contribution in [0, 0.1) is 11.8 Å². The van der Waals surface area contributed by atoms with Gasteiger partial charge in [0.1, 0.15) is 5.75 Å². The monoisotopic (exact) mass is 501 g/mol. The number of fused-ring (bicyclic) bond motifs is 1. The number of aromatic nitrogens is 3. The topological polar surface area (TPSA) is 123 Å². The van der Waals surface area contributed by atoms with Gasteiger partial charge < -0.3 is 14.9 Å². The van der Waals surface area contributed by atoms with E-state index < -0.39 is 11.9 Å². The summed E-state index contributed by atoms with van der Waals surface area (Å²) < 4.78 is 5.46. The van der Waals surface area contributed by atoms with Crippen LogP contribution in [0.1, 0.15) is 31.8 Å². The largest absolute Gasteiger partial charge is 0.496 e. The summed E-state index contributed by atoms with van der Waals surface area (Å²) in [4.78, 5) is 36.3. The molecule has 0 unspecified atom stereocenters. The number of carbonyl (C=O) groups is 2. The molecule has 3 aromatic heterocycles. The minimum atomic E-state index is -1.16. The number of nitrogens with zero attached hydrogens (tertiary/aromatic N) is 3. The van der Waals surface area contributed by atoms with Gasteiger partial charge in [-0.15, -0.1) is 0 Å². The van der Waals surface area contributed by atoms with Crippen molar-refractivity contribution in [2.75, 3.05) is 7.11 Å². The van der Waals surface area contributed by atoms with Crippen molar-refractivity contribution < 1.29 is 24.5 Å². The lowest BCUT2D eigenvalue weighted by molar-refractivity contribution is 0.0686. The van der Waals surface area contributed by atoms with Gasteiger partial charge >= 0.3 is 11.9 Å². The van der Waals surface area contributed by atoms with Crippen LogP contribution in [0.25, 0.3) is 33.5 Å². The third-order valence-electron chi connectivity index (χ3n) is 5.81. The number of rotatable bonds is 5. The molecule has 0 fully saturated rings. The van der Waals surface area contributed by atoms with Crippen molar-refractivity contribution in [1.29, 1.82) is 0 Å². The molecule has 0 aliphatic rings. The van der Waals surface area contributed by atoms with Gasteiger partial charge in [-0.1, -0.05) is 36.1 Å². The van der Waals surface area contributed by atoms with Crippen molar-refractivity contribution in [2.24, 2.45) is 0 Å². The highest BCUT2D eigenvalue weighted by Crippen LogP contribution is 2.28. The number of carboxylic acids is 2. The van der Waals surface area contributed by atoms with Crippen LogP contribution < -0.4 is 4.74 Å². The molecule has 0 saturated carbocycles. The van der Waals surface area contributed by atoms with E-state index >= 15 is 0 Å². The van der Waals surface area contributed by atoms with Crippen molar-refractivity contribution in [1.82, 2.24) is 15.0 Å². The van der Waals surface area contributed by atoms with Crippen LogP contribution in [0.2, 0.25) is 0 Å². The van der Waals surface area contributed by atoms with Crippen LogP contribution in [0.4, 0.5) is 0 Å². The normalized spacial score (nSPS) is 10.4. The quantitative estimate of drug-likeness (QED) is 0.317. The Bertz CT molecular complexity index is 1790. The minimum absolute atomic E-state index is 0.0144. The molecule has 3 heterocycles. The first-order valence-electron chi connectivity index (χ1n) is 11.4. The first-order chi connectivity index (χ1) is 18.4. The molecule has 184 valence electrons. The summed E-state index contributed by atoms with van der Waals surface area (Å²) in [5.74, 6) is 4.84. The fourth-order valence-corrected chi connectivity index (χ4v) is 3.98. The van der Waals surface area contributed by atoms with Gasteiger partial charge in [0.25, 0.3) is 0 Å². The van der Waals surface area contributed by atoms with Gasteiger partial charge in [-0.05, 0) is 48.5 Å². The molecule has 0 saturated heterocycles. The Hall–Kier alpha value is -5.55. The van der Waals surface area contributed by atoms with Crippen LogP contribution in [0.5, 0.6) is 5.75 Å². The maximum atomic E-state index is 11.8. The standard InChI is InChI=1S/C30H19N3O5/c1-38-28-7-3-5-22-19(4-2-6-23(22)28)9-8-18-10-12-31-24(14-18)26-16-21(30(36)37)17-27(33-26)25-15-20(29(34)35)11-13-32-25/h2-7,10-17H,1H3,(H,34,35)(H,36,37). The van der Waals surface area contributed by atoms with E-state index in [0.29, 0.717) is 17.0 Å². The number of benzene rings is 2. The molecule has 0 atom stereocenters. The molecule has 5 rings (SSSR count). The third kappa shape index (κ3) is 4.90. The van der Waals surface area contributed by atoms with E-state index in [0.717, 1.165) is 22.1 Å². The van der Waals surface area contributed by atoms with Gasteiger partial charge in [-0.25, -0.2) is 14.6 Å². The molecule has 0 aliphatic carbocycles. The van der Waals surface area contributed by atoms with Crippen molar-refractivity contribution in [3.05, 3.63) is 107 Å². The molecule has 0 spiro atoms. The predicted octanol–water partition coefficient (Wildman–Crippen LogP) is 5.16. The Morgan fingerprint density at radius 3 is 2.05 bits per heavy atom. The first kappa shape index (κ1) is 24.2.